The number of carbonyl (C=O) groups excluding carboxylic acids is 1. The largest absolute Gasteiger partial charge is 0.351 e. The molecule has 1 aromatic rings. The zero-order valence-electron chi connectivity index (χ0n) is 8.66. The van der Waals surface area contributed by atoms with Crippen molar-refractivity contribution in [3.63, 3.8) is 0 Å². The highest BCUT2D eigenvalue weighted by Gasteiger charge is 2.21. The van der Waals surface area contributed by atoms with Crippen molar-refractivity contribution < 1.29 is 4.79 Å². The zero-order chi connectivity index (χ0) is 10.7. The molecule has 2 rings (SSSR count). The molecule has 0 radical (unpaired) electrons. The number of carbonyl (C=O) groups is 1. The third-order valence-electron chi connectivity index (χ3n) is 2.50. The summed E-state index contributed by atoms with van der Waals surface area (Å²) in [5.74, 6) is 0.331. The van der Waals surface area contributed by atoms with Crippen molar-refractivity contribution in [1.82, 2.24) is 10.6 Å². The third-order valence-corrected chi connectivity index (χ3v) is 4.12. The summed E-state index contributed by atoms with van der Waals surface area (Å²) >= 11 is 5.06. The van der Waals surface area contributed by atoms with Crippen LogP contribution in [-0.4, -0.2) is 19.0 Å². The van der Waals surface area contributed by atoms with E-state index in [-0.39, 0.29) is 24.2 Å². The van der Waals surface area contributed by atoms with Gasteiger partial charge in [0.15, 0.2) is 0 Å². The Morgan fingerprint density at radius 2 is 2.44 bits per heavy atom. The number of nitrogens with one attached hydrogen (secondary N) is 2. The SMILES string of the molecule is Cl.O=C(NCc1ccc(Br)s1)[C@H]1CCNC1. The van der Waals surface area contributed by atoms with Crippen LogP contribution < -0.4 is 10.6 Å². The summed E-state index contributed by atoms with van der Waals surface area (Å²) < 4.78 is 1.11. The van der Waals surface area contributed by atoms with Crippen LogP contribution in [0, 0.1) is 5.92 Å². The maximum absolute atomic E-state index is 11.7. The number of hydrogen-bond donors (Lipinski definition) is 2. The zero-order valence-corrected chi connectivity index (χ0v) is 11.9. The molecule has 0 spiro atoms. The molecule has 1 atom stereocenters. The quantitative estimate of drug-likeness (QED) is 0.894. The second kappa shape index (κ2) is 6.59. The van der Waals surface area contributed by atoms with Gasteiger partial charge in [-0.05, 0) is 41.0 Å². The fourth-order valence-corrected chi connectivity index (χ4v) is 3.07. The van der Waals surface area contributed by atoms with E-state index in [1.807, 2.05) is 12.1 Å². The Morgan fingerprint density at radius 3 is 3.00 bits per heavy atom. The lowest BCUT2D eigenvalue weighted by Gasteiger charge is -2.08. The molecule has 6 heteroatoms. The summed E-state index contributed by atoms with van der Waals surface area (Å²) in [6.45, 7) is 2.42. The van der Waals surface area contributed by atoms with Crippen LogP contribution in [0.5, 0.6) is 0 Å². The van der Waals surface area contributed by atoms with Gasteiger partial charge in [-0.15, -0.1) is 23.7 Å². The summed E-state index contributed by atoms with van der Waals surface area (Å²) in [7, 11) is 0. The molecule has 16 heavy (non-hydrogen) atoms. The predicted octanol–water partition coefficient (Wildman–Crippen LogP) is 2.16. The van der Waals surface area contributed by atoms with E-state index in [9.17, 15) is 4.79 Å². The first-order chi connectivity index (χ1) is 7.25. The molecule has 3 nitrogen and oxygen atoms in total. The van der Waals surface area contributed by atoms with Gasteiger partial charge in [0.1, 0.15) is 0 Å². The monoisotopic (exact) mass is 324 g/mol. The van der Waals surface area contributed by atoms with E-state index < -0.39 is 0 Å². The molecule has 90 valence electrons. The van der Waals surface area contributed by atoms with Crippen molar-refractivity contribution in [1.29, 1.82) is 0 Å². The third kappa shape index (κ3) is 3.73. The Bertz CT molecular complexity index is 352. The van der Waals surface area contributed by atoms with Gasteiger partial charge in [-0.3, -0.25) is 4.79 Å². The molecule has 2 heterocycles. The summed E-state index contributed by atoms with van der Waals surface area (Å²) in [5.41, 5.74) is 0. The molecule has 0 bridgehead atoms. The molecule has 1 aromatic heterocycles. The van der Waals surface area contributed by atoms with Gasteiger partial charge < -0.3 is 10.6 Å². The number of halogens is 2. The topological polar surface area (TPSA) is 41.1 Å². The number of rotatable bonds is 3. The van der Waals surface area contributed by atoms with Gasteiger partial charge in [0.2, 0.25) is 5.91 Å². The van der Waals surface area contributed by atoms with Crippen LogP contribution in [0.2, 0.25) is 0 Å². The van der Waals surface area contributed by atoms with Crippen molar-refractivity contribution in [3.05, 3.63) is 20.8 Å². The molecule has 0 aromatic carbocycles. The lowest BCUT2D eigenvalue weighted by molar-refractivity contribution is -0.124. The summed E-state index contributed by atoms with van der Waals surface area (Å²) in [5, 5.41) is 6.15. The van der Waals surface area contributed by atoms with Gasteiger partial charge in [-0.2, -0.15) is 0 Å². The van der Waals surface area contributed by atoms with Gasteiger partial charge in [-0.25, -0.2) is 0 Å². The van der Waals surface area contributed by atoms with Gasteiger partial charge in [0.05, 0.1) is 16.2 Å². The Labute approximate surface area is 114 Å². The normalized spacial score (nSPS) is 19.2. The molecule has 2 N–H and O–H groups in total. The fraction of sp³-hybridized carbons (Fsp3) is 0.500. The Kier molecular flexibility index (Phi) is 5.75. The fourth-order valence-electron chi connectivity index (χ4n) is 1.64. The van der Waals surface area contributed by atoms with Gasteiger partial charge in [0, 0.05) is 11.4 Å². The molecule has 0 unspecified atom stereocenters. The van der Waals surface area contributed by atoms with E-state index in [1.54, 1.807) is 11.3 Å². The van der Waals surface area contributed by atoms with Gasteiger partial charge in [-0.1, -0.05) is 0 Å². The number of thiophene rings is 1. The Balaban J connectivity index is 0.00000128. The van der Waals surface area contributed by atoms with Crippen molar-refractivity contribution >= 4 is 45.6 Å². The molecule has 1 amide bonds. The van der Waals surface area contributed by atoms with E-state index in [0.29, 0.717) is 6.54 Å². The molecular weight excluding hydrogens is 312 g/mol. The van der Waals surface area contributed by atoms with Crippen LogP contribution in [0.4, 0.5) is 0 Å². The molecule has 1 saturated heterocycles. The molecule has 0 aliphatic carbocycles. The smallest absolute Gasteiger partial charge is 0.224 e. The highest BCUT2D eigenvalue weighted by Crippen LogP contribution is 2.21. The van der Waals surface area contributed by atoms with Crippen LogP contribution in [0.25, 0.3) is 0 Å². The Morgan fingerprint density at radius 1 is 1.62 bits per heavy atom. The van der Waals surface area contributed by atoms with Gasteiger partial charge >= 0.3 is 0 Å². The van der Waals surface area contributed by atoms with E-state index in [4.69, 9.17) is 0 Å². The average molecular weight is 326 g/mol. The van der Waals surface area contributed by atoms with E-state index in [0.717, 1.165) is 23.3 Å². The minimum Gasteiger partial charge on any atom is -0.351 e. The number of amides is 1. The molecule has 1 aliphatic rings. The van der Waals surface area contributed by atoms with Crippen molar-refractivity contribution in [2.45, 2.75) is 13.0 Å². The summed E-state index contributed by atoms with van der Waals surface area (Å²) in [6.07, 6.45) is 0.958. The van der Waals surface area contributed by atoms with Crippen molar-refractivity contribution in [2.75, 3.05) is 13.1 Å². The number of hydrogen-bond acceptors (Lipinski definition) is 3. The lowest BCUT2D eigenvalue weighted by atomic mass is 10.1. The maximum atomic E-state index is 11.7. The van der Waals surface area contributed by atoms with E-state index in [2.05, 4.69) is 26.6 Å². The summed E-state index contributed by atoms with van der Waals surface area (Å²) in [4.78, 5) is 12.8. The van der Waals surface area contributed by atoms with Crippen molar-refractivity contribution in [2.24, 2.45) is 5.92 Å². The lowest BCUT2D eigenvalue weighted by Crippen LogP contribution is -2.31. The second-order valence-electron chi connectivity index (χ2n) is 3.61. The van der Waals surface area contributed by atoms with Gasteiger partial charge in [0.25, 0.3) is 0 Å². The first-order valence-electron chi connectivity index (χ1n) is 4.98. The van der Waals surface area contributed by atoms with E-state index in [1.165, 1.54) is 4.88 Å². The predicted molar refractivity (Wildman–Crippen MR) is 72.1 cm³/mol. The minimum absolute atomic E-state index is 0. The van der Waals surface area contributed by atoms with Crippen molar-refractivity contribution in [3.8, 4) is 0 Å². The highest BCUT2D eigenvalue weighted by molar-refractivity contribution is 9.11. The molecule has 0 saturated carbocycles. The standard InChI is InChI=1S/C10H13BrN2OS.ClH/c11-9-2-1-8(15-9)6-13-10(14)7-3-4-12-5-7;/h1-2,7,12H,3-6H2,(H,13,14);1H/t7-;/m0./s1. The first kappa shape index (κ1) is 14.0. The average Bonchev–Trinajstić information content (AvgIpc) is 2.84. The summed E-state index contributed by atoms with van der Waals surface area (Å²) in [6, 6.07) is 4.03. The van der Waals surface area contributed by atoms with Crippen LogP contribution in [0.15, 0.2) is 15.9 Å². The second-order valence-corrected chi connectivity index (χ2v) is 6.16. The molecule has 1 fully saturated rings. The molecule has 1 aliphatic heterocycles. The van der Waals surface area contributed by atoms with Crippen LogP contribution >= 0.6 is 39.7 Å². The Hall–Kier alpha value is -0.100. The van der Waals surface area contributed by atoms with E-state index >= 15 is 0 Å². The minimum atomic E-state index is 0. The van der Waals surface area contributed by atoms with Crippen LogP contribution in [0.3, 0.4) is 0 Å². The van der Waals surface area contributed by atoms with Crippen LogP contribution in [0.1, 0.15) is 11.3 Å². The maximum Gasteiger partial charge on any atom is 0.224 e. The molecular formula is C10H14BrClN2OS. The van der Waals surface area contributed by atoms with Crippen LogP contribution in [-0.2, 0) is 11.3 Å². The highest BCUT2D eigenvalue weighted by atomic mass is 79.9. The first-order valence-corrected chi connectivity index (χ1v) is 6.59.